The van der Waals surface area contributed by atoms with Crippen molar-refractivity contribution in [1.82, 2.24) is 9.62 Å². The van der Waals surface area contributed by atoms with Crippen LogP contribution >= 0.6 is 11.6 Å². The number of carbonyl (C=O) groups is 1. The lowest BCUT2D eigenvalue weighted by Crippen LogP contribution is -2.55. The number of halogens is 2. The quantitative estimate of drug-likeness (QED) is 0.536. The summed E-state index contributed by atoms with van der Waals surface area (Å²) >= 11 is 6.11. The Hall–Kier alpha value is -2.94. The van der Waals surface area contributed by atoms with Gasteiger partial charge in [-0.1, -0.05) is 48.0 Å². The maximum Gasteiger partial charge on any atom is 0.241 e. The predicted octanol–water partition coefficient (Wildman–Crippen LogP) is 3.72. The van der Waals surface area contributed by atoms with E-state index in [9.17, 15) is 17.6 Å². The molecule has 1 unspecified atom stereocenters. The molecular weight excluding hydrogens is 477 g/mol. The highest BCUT2D eigenvalue weighted by Gasteiger charge is 2.31. The van der Waals surface area contributed by atoms with Gasteiger partial charge in [0.05, 0.1) is 4.90 Å². The van der Waals surface area contributed by atoms with Gasteiger partial charge < -0.3 is 9.80 Å². The van der Waals surface area contributed by atoms with Crippen LogP contribution < -0.4 is 9.62 Å². The molecule has 4 rings (SSSR count). The third-order valence-corrected chi connectivity index (χ3v) is 7.49. The van der Waals surface area contributed by atoms with Crippen LogP contribution in [0.4, 0.5) is 10.1 Å². The average Bonchev–Trinajstić information content (AvgIpc) is 2.84. The number of hydrogen-bond donors (Lipinski definition) is 1. The van der Waals surface area contributed by atoms with Crippen molar-refractivity contribution in [2.45, 2.75) is 17.4 Å². The summed E-state index contributed by atoms with van der Waals surface area (Å²) < 4.78 is 41.8. The summed E-state index contributed by atoms with van der Waals surface area (Å²) in [6.07, 6.45) is 0.203. The maximum absolute atomic E-state index is 13.5. The molecule has 0 aliphatic carbocycles. The Morgan fingerprint density at radius 2 is 1.62 bits per heavy atom. The molecule has 1 fully saturated rings. The van der Waals surface area contributed by atoms with Crippen LogP contribution in [0, 0.1) is 5.82 Å². The van der Waals surface area contributed by atoms with Gasteiger partial charge in [0.15, 0.2) is 0 Å². The first-order valence-corrected chi connectivity index (χ1v) is 12.8. The Morgan fingerprint density at radius 3 is 2.26 bits per heavy atom. The highest BCUT2D eigenvalue weighted by atomic mass is 35.5. The molecule has 1 amide bonds. The SMILES string of the molecule is O=C(C(Cc1ccccc1)NS(=O)(=O)c1ccc(F)cc1)N1CCN(c2cccc(Cl)c2)CC1. The molecule has 34 heavy (non-hydrogen) atoms. The van der Waals surface area contributed by atoms with E-state index in [2.05, 4.69) is 9.62 Å². The fourth-order valence-electron chi connectivity index (χ4n) is 3.98. The van der Waals surface area contributed by atoms with Gasteiger partial charge in [0.2, 0.25) is 15.9 Å². The molecule has 3 aromatic carbocycles. The van der Waals surface area contributed by atoms with E-state index in [4.69, 9.17) is 11.6 Å². The minimum atomic E-state index is -4.03. The molecule has 1 N–H and O–H groups in total. The fraction of sp³-hybridized carbons (Fsp3) is 0.240. The monoisotopic (exact) mass is 501 g/mol. The molecule has 0 spiro atoms. The van der Waals surface area contributed by atoms with Crippen LogP contribution in [0.1, 0.15) is 5.56 Å². The van der Waals surface area contributed by atoms with Gasteiger partial charge in [0, 0.05) is 36.9 Å². The largest absolute Gasteiger partial charge is 0.368 e. The average molecular weight is 502 g/mol. The molecule has 1 aliphatic heterocycles. The van der Waals surface area contributed by atoms with Gasteiger partial charge in [-0.3, -0.25) is 4.79 Å². The number of rotatable bonds is 7. The number of amides is 1. The van der Waals surface area contributed by atoms with Gasteiger partial charge in [-0.15, -0.1) is 0 Å². The van der Waals surface area contributed by atoms with Crippen molar-refractivity contribution in [2.75, 3.05) is 31.1 Å². The molecule has 1 atom stereocenters. The van der Waals surface area contributed by atoms with Crippen LogP contribution in [0.3, 0.4) is 0 Å². The number of carbonyl (C=O) groups excluding carboxylic acids is 1. The van der Waals surface area contributed by atoms with E-state index in [0.29, 0.717) is 31.2 Å². The first kappa shape index (κ1) is 24.2. The van der Waals surface area contributed by atoms with Crippen molar-refractivity contribution in [2.24, 2.45) is 0 Å². The number of piperazine rings is 1. The molecule has 1 heterocycles. The van der Waals surface area contributed by atoms with Crippen molar-refractivity contribution < 1.29 is 17.6 Å². The second-order valence-corrected chi connectivity index (χ2v) is 10.3. The zero-order valence-electron chi connectivity index (χ0n) is 18.4. The molecule has 0 bridgehead atoms. The van der Waals surface area contributed by atoms with Gasteiger partial charge in [-0.25, -0.2) is 12.8 Å². The third-order valence-electron chi connectivity index (χ3n) is 5.77. The van der Waals surface area contributed by atoms with Crippen LogP contribution in [-0.2, 0) is 21.2 Å². The standard InChI is InChI=1S/C25H25ClFN3O3S/c26-20-7-4-8-22(18-20)29-13-15-30(16-14-29)25(31)24(17-19-5-2-1-3-6-19)28-34(32,33)23-11-9-21(27)10-12-23/h1-12,18,24,28H,13-17H2. The molecule has 0 saturated carbocycles. The number of sulfonamides is 1. The van der Waals surface area contributed by atoms with E-state index < -0.39 is 21.9 Å². The number of nitrogens with one attached hydrogen (secondary N) is 1. The molecule has 0 aromatic heterocycles. The summed E-state index contributed by atoms with van der Waals surface area (Å²) in [6.45, 7) is 2.12. The number of anilines is 1. The van der Waals surface area contributed by atoms with Gasteiger partial charge in [0.25, 0.3) is 0 Å². The van der Waals surface area contributed by atoms with Gasteiger partial charge in [-0.05, 0) is 54.4 Å². The second kappa shape index (κ2) is 10.5. The number of nitrogens with zero attached hydrogens (tertiary/aromatic N) is 2. The highest BCUT2D eigenvalue weighted by molar-refractivity contribution is 7.89. The number of benzene rings is 3. The molecular formula is C25H25ClFN3O3S. The molecule has 3 aromatic rings. The predicted molar refractivity (Wildman–Crippen MR) is 131 cm³/mol. The summed E-state index contributed by atoms with van der Waals surface area (Å²) in [5.41, 5.74) is 1.82. The zero-order chi connectivity index (χ0) is 24.1. The molecule has 1 aliphatic rings. The van der Waals surface area contributed by atoms with Crippen LogP contribution in [0.2, 0.25) is 5.02 Å². The Labute approximate surface area is 204 Å². The van der Waals surface area contributed by atoms with Gasteiger partial charge in [0.1, 0.15) is 11.9 Å². The minimum absolute atomic E-state index is 0.0921. The smallest absolute Gasteiger partial charge is 0.241 e. The van der Waals surface area contributed by atoms with Crippen molar-refractivity contribution in [3.05, 3.63) is 95.3 Å². The van der Waals surface area contributed by atoms with E-state index in [-0.39, 0.29) is 17.2 Å². The summed E-state index contributed by atoms with van der Waals surface area (Å²) in [5, 5.41) is 0.647. The summed E-state index contributed by atoms with van der Waals surface area (Å²) in [5.74, 6) is -0.825. The minimum Gasteiger partial charge on any atom is -0.368 e. The van der Waals surface area contributed by atoms with Crippen LogP contribution in [0.15, 0.2) is 83.8 Å². The lowest BCUT2D eigenvalue weighted by molar-refractivity contribution is -0.133. The highest BCUT2D eigenvalue weighted by Crippen LogP contribution is 2.21. The Morgan fingerprint density at radius 1 is 0.941 bits per heavy atom. The lowest BCUT2D eigenvalue weighted by atomic mass is 10.1. The Bertz CT molecular complexity index is 1230. The topological polar surface area (TPSA) is 69.7 Å². The van der Waals surface area contributed by atoms with E-state index in [1.807, 2.05) is 54.6 Å². The summed E-state index contributed by atoms with van der Waals surface area (Å²) in [6, 6.07) is 20.3. The summed E-state index contributed by atoms with van der Waals surface area (Å²) in [7, 11) is -4.03. The van der Waals surface area contributed by atoms with Crippen LogP contribution in [-0.4, -0.2) is 51.4 Å². The fourth-order valence-corrected chi connectivity index (χ4v) is 5.35. The lowest BCUT2D eigenvalue weighted by Gasteiger charge is -2.37. The molecule has 1 saturated heterocycles. The first-order valence-electron chi connectivity index (χ1n) is 10.9. The zero-order valence-corrected chi connectivity index (χ0v) is 20.0. The van der Waals surface area contributed by atoms with E-state index >= 15 is 0 Å². The van der Waals surface area contributed by atoms with E-state index in [0.717, 1.165) is 23.4 Å². The van der Waals surface area contributed by atoms with Crippen molar-refractivity contribution in [3.63, 3.8) is 0 Å². The second-order valence-electron chi connectivity index (χ2n) is 8.11. The van der Waals surface area contributed by atoms with Crippen molar-refractivity contribution in [3.8, 4) is 0 Å². The molecule has 0 radical (unpaired) electrons. The van der Waals surface area contributed by atoms with E-state index in [1.54, 1.807) is 4.90 Å². The van der Waals surface area contributed by atoms with Crippen molar-refractivity contribution in [1.29, 1.82) is 0 Å². The maximum atomic E-state index is 13.5. The van der Waals surface area contributed by atoms with Crippen LogP contribution in [0.5, 0.6) is 0 Å². The van der Waals surface area contributed by atoms with Crippen LogP contribution in [0.25, 0.3) is 0 Å². The number of hydrogen-bond acceptors (Lipinski definition) is 4. The van der Waals surface area contributed by atoms with Gasteiger partial charge >= 0.3 is 0 Å². The summed E-state index contributed by atoms with van der Waals surface area (Å²) in [4.78, 5) is 17.2. The Kier molecular flexibility index (Phi) is 7.50. The Balaban J connectivity index is 1.50. The third kappa shape index (κ3) is 5.94. The molecule has 6 nitrogen and oxygen atoms in total. The molecule has 9 heteroatoms. The first-order chi connectivity index (χ1) is 16.3. The normalized spacial score (nSPS) is 15.2. The molecule has 178 valence electrons. The van der Waals surface area contributed by atoms with E-state index in [1.165, 1.54) is 12.1 Å². The van der Waals surface area contributed by atoms with Crippen molar-refractivity contribution >= 4 is 33.2 Å². The van der Waals surface area contributed by atoms with Gasteiger partial charge in [-0.2, -0.15) is 4.72 Å².